The van der Waals surface area contributed by atoms with Gasteiger partial charge in [-0.3, -0.25) is 9.59 Å². The Hall–Kier alpha value is -2.66. The fourth-order valence-corrected chi connectivity index (χ4v) is 5.10. The van der Waals surface area contributed by atoms with Crippen LogP contribution in [0.5, 0.6) is 0 Å². The molecule has 1 saturated carbocycles. The summed E-state index contributed by atoms with van der Waals surface area (Å²) in [5, 5.41) is 2.96. The molecule has 1 heterocycles. The summed E-state index contributed by atoms with van der Waals surface area (Å²) in [5.74, 6) is 0.119. The van der Waals surface area contributed by atoms with Gasteiger partial charge in [-0.05, 0) is 68.8 Å². The highest BCUT2D eigenvalue weighted by Gasteiger charge is 2.33. The first-order valence-corrected chi connectivity index (χ1v) is 11.1. The molecule has 2 amide bonds. The fourth-order valence-electron chi connectivity index (χ4n) is 5.10. The van der Waals surface area contributed by atoms with Crippen molar-refractivity contribution in [1.82, 2.24) is 4.90 Å². The molecule has 5 nitrogen and oxygen atoms in total. The number of anilines is 1. The number of likely N-dealkylation sites (tertiary alicyclic amines) is 1. The van der Waals surface area contributed by atoms with Gasteiger partial charge in [0.1, 0.15) is 0 Å². The Morgan fingerprint density at radius 1 is 0.900 bits per heavy atom. The first kappa shape index (κ1) is 20.6. The van der Waals surface area contributed by atoms with Crippen LogP contribution in [0.1, 0.15) is 60.4 Å². The minimum atomic E-state index is -0.520. The van der Waals surface area contributed by atoms with Gasteiger partial charge < -0.3 is 16.0 Å². The van der Waals surface area contributed by atoms with Gasteiger partial charge >= 0.3 is 0 Å². The van der Waals surface area contributed by atoms with E-state index in [1.165, 1.54) is 18.4 Å². The minimum absolute atomic E-state index is 0.00701. The molecule has 30 heavy (non-hydrogen) atoms. The lowest BCUT2D eigenvalue weighted by Crippen LogP contribution is -2.44. The molecule has 3 N–H and O–H groups in total. The first-order valence-electron chi connectivity index (χ1n) is 11.1. The number of piperidine rings is 1. The van der Waals surface area contributed by atoms with Gasteiger partial charge in [0.2, 0.25) is 5.91 Å². The number of benzene rings is 2. The third-order valence-corrected chi connectivity index (χ3v) is 6.78. The summed E-state index contributed by atoms with van der Waals surface area (Å²) in [6, 6.07) is 18.2. The second-order valence-electron chi connectivity index (χ2n) is 8.64. The minimum Gasteiger partial charge on any atom is -0.366 e. The lowest BCUT2D eigenvalue weighted by Gasteiger charge is -2.41. The summed E-state index contributed by atoms with van der Waals surface area (Å²) >= 11 is 0. The van der Waals surface area contributed by atoms with Crippen LogP contribution >= 0.6 is 0 Å². The number of carbonyl (C=O) groups excluding carboxylic acids is 2. The number of rotatable bonds is 5. The van der Waals surface area contributed by atoms with Crippen LogP contribution in [0.15, 0.2) is 54.6 Å². The second-order valence-corrected chi connectivity index (χ2v) is 8.64. The highest BCUT2D eigenvalue weighted by atomic mass is 16.2. The maximum atomic E-state index is 12.9. The molecule has 0 spiro atoms. The van der Waals surface area contributed by atoms with E-state index in [-0.39, 0.29) is 11.8 Å². The van der Waals surface area contributed by atoms with Gasteiger partial charge in [0.15, 0.2) is 0 Å². The van der Waals surface area contributed by atoms with Crippen molar-refractivity contribution in [3.05, 3.63) is 65.7 Å². The maximum absolute atomic E-state index is 12.9. The van der Waals surface area contributed by atoms with Gasteiger partial charge in [-0.25, -0.2) is 0 Å². The van der Waals surface area contributed by atoms with Crippen LogP contribution in [0.2, 0.25) is 0 Å². The quantitative estimate of drug-likeness (QED) is 0.784. The van der Waals surface area contributed by atoms with Gasteiger partial charge in [0.25, 0.3) is 5.91 Å². The van der Waals surface area contributed by atoms with Crippen LogP contribution in [0, 0.1) is 5.92 Å². The summed E-state index contributed by atoms with van der Waals surface area (Å²) in [5.41, 5.74) is 7.77. The number of nitrogens with two attached hydrogens (primary N) is 1. The van der Waals surface area contributed by atoms with E-state index in [9.17, 15) is 9.59 Å². The Morgan fingerprint density at radius 3 is 2.33 bits per heavy atom. The molecule has 1 aliphatic heterocycles. The zero-order valence-electron chi connectivity index (χ0n) is 17.4. The average Bonchev–Trinajstić information content (AvgIpc) is 2.80. The van der Waals surface area contributed by atoms with E-state index in [0.29, 0.717) is 23.2 Å². The van der Waals surface area contributed by atoms with E-state index < -0.39 is 5.91 Å². The first-order chi connectivity index (χ1) is 14.6. The van der Waals surface area contributed by atoms with Gasteiger partial charge in [0, 0.05) is 12.0 Å². The summed E-state index contributed by atoms with van der Waals surface area (Å²) in [6.07, 6.45) is 6.39. The number of amides is 2. The van der Waals surface area contributed by atoms with E-state index in [1.807, 2.05) is 6.07 Å². The SMILES string of the molecule is NC(=O)c1ccccc1NC(=O)C1CCCC(N2CCC(c3ccccc3)CC2)C1. The van der Waals surface area contributed by atoms with Crippen molar-refractivity contribution in [3.63, 3.8) is 0 Å². The van der Waals surface area contributed by atoms with Gasteiger partial charge in [0.05, 0.1) is 11.3 Å². The average molecular weight is 406 g/mol. The molecule has 0 radical (unpaired) electrons. The molecule has 2 fully saturated rings. The number of para-hydroxylation sites is 1. The number of hydrogen-bond donors (Lipinski definition) is 2. The van der Waals surface area contributed by atoms with Gasteiger partial charge in [-0.1, -0.05) is 48.9 Å². The Balaban J connectivity index is 1.34. The van der Waals surface area contributed by atoms with Crippen molar-refractivity contribution in [1.29, 1.82) is 0 Å². The van der Waals surface area contributed by atoms with Crippen molar-refractivity contribution in [2.75, 3.05) is 18.4 Å². The maximum Gasteiger partial charge on any atom is 0.250 e. The molecule has 1 aliphatic carbocycles. The highest BCUT2D eigenvalue weighted by Crippen LogP contribution is 2.34. The zero-order chi connectivity index (χ0) is 20.9. The molecule has 158 valence electrons. The molecule has 2 atom stereocenters. The molecule has 4 rings (SSSR count). The molecular weight excluding hydrogens is 374 g/mol. The van der Waals surface area contributed by atoms with Crippen molar-refractivity contribution >= 4 is 17.5 Å². The second kappa shape index (κ2) is 9.43. The van der Waals surface area contributed by atoms with E-state index in [0.717, 1.165) is 38.8 Å². The van der Waals surface area contributed by atoms with Crippen LogP contribution in [0.25, 0.3) is 0 Å². The smallest absolute Gasteiger partial charge is 0.250 e. The predicted octanol–water partition coefficient (Wildman–Crippen LogP) is 4.16. The molecule has 2 aliphatic rings. The van der Waals surface area contributed by atoms with Crippen LogP contribution in [0.3, 0.4) is 0 Å². The molecule has 0 aromatic heterocycles. The van der Waals surface area contributed by atoms with Crippen LogP contribution < -0.4 is 11.1 Å². The highest BCUT2D eigenvalue weighted by molar-refractivity contribution is 6.03. The lowest BCUT2D eigenvalue weighted by atomic mass is 9.82. The van der Waals surface area contributed by atoms with E-state index >= 15 is 0 Å². The molecule has 0 bridgehead atoms. The monoisotopic (exact) mass is 405 g/mol. The van der Waals surface area contributed by atoms with E-state index in [4.69, 9.17) is 5.73 Å². The Bertz CT molecular complexity index is 875. The third kappa shape index (κ3) is 4.73. The van der Waals surface area contributed by atoms with E-state index in [1.54, 1.807) is 18.2 Å². The molecule has 5 heteroatoms. The lowest BCUT2D eigenvalue weighted by molar-refractivity contribution is -0.121. The topological polar surface area (TPSA) is 75.4 Å². The molecule has 2 unspecified atom stereocenters. The van der Waals surface area contributed by atoms with Crippen molar-refractivity contribution in [2.45, 2.75) is 50.5 Å². The normalized spacial score (nSPS) is 23.1. The van der Waals surface area contributed by atoms with Crippen LogP contribution in [-0.4, -0.2) is 35.8 Å². The van der Waals surface area contributed by atoms with Gasteiger partial charge in [-0.15, -0.1) is 0 Å². The van der Waals surface area contributed by atoms with Crippen molar-refractivity contribution in [3.8, 4) is 0 Å². The van der Waals surface area contributed by atoms with Crippen molar-refractivity contribution < 1.29 is 9.59 Å². The summed E-state index contributed by atoms with van der Waals surface area (Å²) in [4.78, 5) is 27.2. The number of primary amides is 1. The summed E-state index contributed by atoms with van der Waals surface area (Å²) in [6.45, 7) is 2.20. The van der Waals surface area contributed by atoms with E-state index in [2.05, 4.69) is 40.5 Å². The number of carbonyl (C=O) groups is 2. The largest absolute Gasteiger partial charge is 0.366 e. The summed E-state index contributed by atoms with van der Waals surface area (Å²) < 4.78 is 0. The molecule has 1 saturated heterocycles. The molecule has 2 aromatic carbocycles. The van der Waals surface area contributed by atoms with Crippen LogP contribution in [0.4, 0.5) is 5.69 Å². The van der Waals surface area contributed by atoms with Crippen molar-refractivity contribution in [2.24, 2.45) is 11.7 Å². The standard InChI is InChI=1S/C25H31N3O2/c26-24(29)22-11-4-5-12-23(22)27-25(30)20-9-6-10-21(17-20)28-15-13-19(14-16-28)18-7-2-1-3-8-18/h1-5,7-8,11-12,19-21H,6,9-10,13-17H2,(H2,26,29)(H,27,30). The Labute approximate surface area is 178 Å². The number of nitrogens with zero attached hydrogens (tertiary/aromatic N) is 1. The zero-order valence-corrected chi connectivity index (χ0v) is 17.4. The number of hydrogen-bond acceptors (Lipinski definition) is 3. The fraction of sp³-hybridized carbons (Fsp3) is 0.440. The molecule has 2 aromatic rings. The third-order valence-electron chi connectivity index (χ3n) is 6.78. The Morgan fingerprint density at radius 2 is 1.60 bits per heavy atom. The Kier molecular flexibility index (Phi) is 6.48. The predicted molar refractivity (Wildman–Crippen MR) is 119 cm³/mol. The number of nitrogens with one attached hydrogen (secondary N) is 1. The molecular formula is C25H31N3O2. The van der Waals surface area contributed by atoms with Gasteiger partial charge in [-0.2, -0.15) is 0 Å². The van der Waals surface area contributed by atoms with Crippen LogP contribution in [-0.2, 0) is 4.79 Å². The summed E-state index contributed by atoms with van der Waals surface area (Å²) in [7, 11) is 0.